The quantitative estimate of drug-likeness (QED) is 0.152. The van der Waals surface area contributed by atoms with Crippen molar-refractivity contribution in [3.8, 4) is 33.4 Å². The van der Waals surface area contributed by atoms with Crippen molar-refractivity contribution in [1.29, 1.82) is 0 Å². The highest BCUT2D eigenvalue weighted by atomic mass is 32.1. The van der Waals surface area contributed by atoms with Crippen molar-refractivity contribution in [1.82, 2.24) is 0 Å². The summed E-state index contributed by atoms with van der Waals surface area (Å²) in [4.78, 5) is 2.40. The summed E-state index contributed by atoms with van der Waals surface area (Å²) in [6.07, 6.45) is 4.41. The van der Waals surface area contributed by atoms with Gasteiger partial charge in [0.05, 0.1) is 0 Å². The Hall–Kier alpha value is -6.22. The van der Waals surface area contributed by atoms with Crippen LogP contribution in [0.1, 0.15) is 31.9 Å². The minimum atomic E-state index is -0.129. The van der Waals surface area contributed by atoms with Crippen LogP contribution in [0, 0.1) is 0 Å². The van der Waals surface area contributed by atoms with Gasteiger partial charge in [0.2, 0.25) is 0 Å². The second-order valence-corrected chi connectivity index (χ2v) is 15.8. The number of nitrogens with zero attached hydrogens (tertiary/aromatic N) is 1. The predicted molar refractivity (Wildman–Crippen MR) is 235 cm³/mol. The monoisotopic (exact) mass is 711 g/mol. The molecular formula is C52H41NS. The van der Waals surface area contributed by atoms with E-state index in [0.29, 0.717) is 0 Å². The number of fused-ring (bicyclic) bond motifs is 4. The van der Waals surface area contributed by atoms with Gasteiger partial charge >= 0.3 is 0 Å². The zero-order valence-corrected chi connectivity index (χ0v) is 31.7. The first-order chi connectivity index (χ1) is 26.4. The molecule has 1 nitrogen and oxygen atoms in total. The van der Waals surface area contributed by atoms with E-state index < -0.39 is 0 Å². The smallest absolute Gasteiger partial charge is 0.0464 e. The van der Waals surface area contributed by atoms with Crippen LogP contribution in [0.2, 0.25) is 0 Å². The first-order valence-electron chi connectivity index (χ1n) is 18.6. The highest BCUT2D eigenvalue weighted by Gasteiger charge is 2.35. The molecule has 260 valence electrons. The molecule has 0 saturated carbocycles. The van der Waals surface area contributed by atoms with Gasteiger partial charge in [-0.25, -0.2) is 0 Å². The molecule has 1 aromatic heterocycles. The maximum Gasteiger partial charge on any atom is 0.0464 e. The third-order valence-electron chi connectivity index (χ3n) is 11.0. The average Bonchev–Trinajstić information content (AvgIpc) is 3.69. The summed E-state index contributed by atoms with van der Waals surface area (Å²) in [6, 6.07) is 61.8. The first kappa shape index (κ1) is 33.6. The van der Waals surface area contributed by atoms with E-state index in [0.717, 1.165) is 17.1 Å². The Kier molecular flexibility index (Phi) is 8.49. The van der Waals surface area contributed by atoms with Crippen LogP contribution in [0.15, 0.2) is 200 Å². The number of hydrogen-bond acceptors (Lipinski definition) is 2. The maximum atomic E-state index is 4.29. The van der Waals surface area contributed by atoms with Crippen LogP contribution in [-0.2, 0) is 5.41 Å². The van der Waals surface area contributed by atoms with Crippen molar-refractivity contribution in [3.63, 3.8) is 0 Å². The van der Waals surface area contributed by atoms with E-state index in [1.54, 1.807) is 0 Å². The van der Waals surface area contributed by atoms with Gasteiger partial charge in [-0.15, -0.1) is 11.3 Å². The van der Waals surface area contributed by atoms with Gasteiger partial charge in [-0.1, -0.05) is 148 Å². The lowest BCUT2D eigenvalue weighted by Gasteiger charge is -2.27. The predicted octanol–water partition coefficient (Wildman–Crippen LogP) is 15.0. The molecule has 1 aliphatic rings. The lowest BCUT2D eigenvalue weighted by Crippen LogP contribution is -2.16. The Morgan fingerprint density at radius 3 is 1.91 bits per heavy atom. The van der Waals surface area contributed by atoms with E-state index in [4.69, 9.17) is 0 Å². The highest BCUT2D eigenvalue weighted by molar-refractivity contribution is 7.25. The molecule has 1 aliphatic carbocycles. The van der Waals surface area contributed by atoms with Crippen LogP contribution < -0.4 is 4.90 Å². The van der Waals surface area contributed by atoms with Crippen molar-refractivity contribution in [2.75, 3.05) is 4.90 Å². The Morgan fingerprint density at radius 1 is 0.537 bits per heavy atom. The number of allylic oxidation sites excluding steroid dienone is 5. The largest absolute Gasteiger partial charge is 0.314 e. The summed E-state index contributed by atoms with van der Waals surface area (Å²) in [5, 5.41) is 2.63. The van der Waals surface area contributed by atoms with E-state index in [2.05, 4.69) is 208 Å². The highest BCUT2D eigenvalue weighted by Crippen LogP contribution is 2.48. The van der Waals surface area contributed by atoms with Gasteiger partial charge in [0.1, 0.15) is 0 Å². The minimum absolute atomic E-state index is 0.129. The topological polar surface area (TPSA) is 3.24 Å². The fourth-order valence-corrected chi connectivity index (χ4v) is 9.37. The van der Waals surface area contributed by atoms with Crippen LogP contribution in [0.3, 0.4) is 0 Å². The van der Waals surface area contributed by atoms with E-state index in [1.807, 2.05) is 17.4 Å². The molecule has 0 N–H and O–H groups in total. The molecule has 9 rings (SSSR count). The fourth-order valence-electron chi connectivity index (χ4n) is 8.28. The van der Waals surface area contributed by atoms with Gasteiger partial charge in [0, 0.05) is 42.7 Å². The van der Waals surface area contributed by atoms with Gasteiger partial charge in [0.25, 0.3) is 0 Å². The number of rotatable bonds is 8. The van der Waals surface area contributed by atoms with Crippen molar-refractivity contribution in [2.24, 2.45) is 0 Å². The summed E-state index contributed by atoms with van der Waals surface area (Å²) in [7, 11) is 0. The number of anilines is 2. The summed E-state index contributed by atoms with van der Waals surface area (Å²) in [5.41, 5.74) is 15.5. The Balaban J connectivity index is 1.16. The van der Waals surface area contributed by atoms with Gasteiger partial charge < -0.3 is 4.90 Å². The summed E-state index contributed by atoms with van der Waals surface area (Å²) in [6.45, 7) is 11.1. The van der Waals surface area contributed by atoms with Crippen molar-refractivity contribution < 1.29 is 0 Å². The number of benzene rings is 7. The van der Waals surface area contributed by atoms with Crippen LogP contribution in [-0.4, -0.2) is 0 Å². The fraction of sp³-hybridized carbons (Fsp3) is 0.0769. The molecule has 7 aromatic carbocycles. The van der Waals surface area contributed by atoms with Crippen LogP contribution in [0.25, 0.3) is 59.1 Å². The number of hydrogen-bond donors (Lipinski definition) is 0. The molecule has 0 amide bonds. The maximum absolute atomic E-state index is 4.29. The molecule has 0 aliphatic heterocycles. The minimum Gasteiger partial charge on any atom is -0.314 e. The summed E-state index contributed by atoms with van der Waals surface area (Å²) in [5.74, 6) is 0. The molecule has 0 fully saturated rings. The average molecular weight is 712 g/mol. The first-order valence-corrected chi connectivity index (χ1v) is 19.4. The van der Waals surface area contributed by atoms with Crippen molar-refractivity contribution in [2.45, 2.75) is 26.2 Å². The third kappa shape index (κ3) is 5.90. The Morgan fingerprint density at radius 2 is 1.13 bits per heavy atom. The number of thiophene rings is 1. The summed E-state index contributed by atoms with van der Waals surface area (Å²) >= 11 is 1.86. The van der Waals surface area contributed by atoms with Crippen molar-refractivity contribution >= 4 is 48.5 Å². The zero-order valence-electron chi connectivity index (χ0n) is 30.9. The lowest BCUT2D eigenvalue weighted by molar-refractivity contribution is 0.654. The molecule has 8 aromatic rings. The molecule has 0 unspecified atom stereocenters. The second kappa shape index (κ2) is 13.6. The molecule has 0 bridgehead atoms. The third-order valence-corrected chi connectivity index (χ3v) is 12.2. The molecule has 0 radical (unpaired) electrons. The zero-order chi connectivity index (χ0) is 36.8. The van der Waals surface area contributed by atoms with Crippen LogP contribution in [0.4, 0.5) is 11.4 Å². The van der Waals surface area contributed by atoms with E-state index >= 15 is 0 Å². The molecule has 2 heteroatoms. The van der Waals surface area contributed by atoms with Gasteiger partial charge in [-0.2, -0.15) is 0 Å². The standard InChI is InChI=1S/C52H41NS/c1-5-48-46(44-21-9-11-23-49(44)52(48,3)4)31-35(2)53(42-28-25-37(26-29-42)39-18-13-17-38(32-39)36-15-7-6-8-16-36)43-20-14-19-40(33-43)41-27-30-51-47(34-41)45-22-10-12-24-50(45)54-51/h5-34H,1H2,2-4H3/b35-31+. The van der Waals surface area contributed by atoms with E-state index in [-0.39, 0.29) is 5.41 Å². The normalized spacial score (nSPS) is 13.7. The van der Waals surface area contributed by atoms with Crippen molar-refractivity contribution in [3.05, 3.63) is 211 Å². The van der Waals surface area contributed by atoms with E-state index in [1.165, 1.54) is 75.8 Å². The lowest BCUT2D eigenvalue weighted by atomic mass is 9.81. The van der Waals surface area contributed by atoms with Gasteiger partial charge in [-0.05, 0) is 117 Å². The SMILES string of the molecule is C=CC1=C(/C=C(\C)N(c2ccc(-c3cccc(-c4ccccc4)c3)cc2)c2cccc(-c3ccc4sc5ccccc5c4c3)c2)c2ccccc2C1(C)C. The van der Waals surface area contributed by atoms with E-state index in [9.17, 15) is 0 Å². The molecule has 1 heterocycles. The molecule has 54 heavy (non-hydrogen) atoms. The second-order valence-electron chi connectivity index (χ2n) is 14.7. The molecule has 0 spiro atoms. The van der Waals surface area contributed by atoms with Crippen LogP contribution >= 0.6 is 11.3 Å². The Bertz CT molecular complexity index is 2760. The molecule has 0 atom stereocenters. The Labute approximate surface area is 322 Å². The van der Waals surface area contributed by atoms with Crippen LogP contribution in [0.5, 0.6) is 0 Å². The van der Waals surface area contributed by atoms with Gasteiger partial charge in [0.15, 0.2) is 0 Å². The molecular weight excluding hydrogens is 671 g/mol. The van der Waals surface area contributed by atoms with Gasteiger partial charge in [-0.3, -0.25) is 0 Å². The summed E-state index contributed by atoms with van der Waals surface area (Å²) < 4.78 is 2.64. The molecule has 0 saturated heterocycles.